The second-order valence-corrected chi connectivity index (χ2v) is 5.60. The highest BCUT2D eigenvalue weighted by Gasteiger charge is 2.22. The van der Waals surface area contributed by atoms with E-state index in [1.807, 2.05) is 13.0 Å². The lowest BCUT2D eigenvalue weighted by molar-refractivity contribution is 0.115. The maximum atomic E-state index is 14.3. The van der Waals surface area contributed by atoms with E-state index >= 15 is 0 Å². The summed E-state index contributed by atoms with van der Waals surface area (Å²) in [6.45, 7) is 6.35. The summed E-state index contributed by atoms with van der Waals surface area (Å²) in [5, 5.41) is 0. The summed E-state index contributed by atoms with van der Waals surface area (Å²) in [7, 11) is 0. The first-order valence-corrected chi connectivity index (χ1v) is 7.51. The van der Waals surface area contributed by atoms with Crippen molar-refractivity contribution in [3.63, 3.8) is 0 Å². The molecule has 2 atom stereocenters. The zero-order valence-electron chi connectivity index (χ0n) is 12.4. The maximum Gasteiger partial charge on any atom is 0.146 e. The highest BCUT2D eigenvalue weighted by Crippen LogP contribution is 2.27. The van der Waals surface area contributed by atoms with Crippen molar-refractivity contribution in [1.29, 1.82) is 0 Å². The van der Waals surface area contributed by atoms with E-state index in [0.717, 1.165) is 38.1 Å². The minimum absolute atomic E-state index is 0.0250. The Bertz CT molecular complexity index is 430. The molecule has 3 nitrogen and oxygen atoms in total. The van der Waals surface area contributed by atoms with Crippen LogP contribution in [0.15, 0.2) is 18.2 Å². The molecule has 0 radical (unpaired) electrons. The Balaban J connectivity index is 2.22. The second-order valence-electron chi connectivity index (χ2n) is 5.60. The third kappa shape index (κ3) is 3.70. The number of nitrogens with two attached hydrogens (primary N) is 1. The highest BCUT2D eigenvalue weighted by atomic mass is 19.1. The van der Waals surface area contributed by atoms with Gasteiger partial charge in [-0.05, 0) is 44.7 Å². The molecule has 0 aliphatic carbocycles. The molecule has 0 spiro atoms. The van der Waals surface area contributed by atoms with Crippen LogP contribution in [0.5, 0.6) is 0 Å². The Hall–Kier alpha value is -1.13. The van der Waals surface area contributed by atoms with Gasteiger partial charge in [0, 0.05) is 25.7 Å². The lowest BCUT2D eigenvalue weighted by atomic mass is 10.0. The quantitative estimate of drug-likeness (QED) is 0.870. The molecule has 0 amide bonds. The van der Waals surface area contributed by atoms with Gasteiger partial charge in [-0.15, -0.1) is 0 Å². The first kappa shape index (κ1) is 15.3. The monoisotopic (exact) mass is 280 g/mol. The van der Waals surface area contributed by atoms with E-state index in [2.05, 4.69) is 11.8 Å². The number of ether oxygens (including phenoxy) is 1. The molecular weight excluding hydrogens is 255 g/mol. The molecule has 0 bridgehead atoms. The summed E-state index contributed by atoms with van der Waals surface area (Å²) >= 11 is 0. The van der Waals surface area contributed by atoms with Crippen molar-refractivity contribution < 1.29 is 9.13 Å². The van der Waals surface area contributed by atoms with E-state index in [9.17, 15) is 4.39 Å². The van der Waals surface area contributed by atoms with Gasteiger partial charge >= 0.3 is 0 Å². The summed E-state index contributed by atoms with van der Waals surface area (Å²) in [6.07, 6.45) is 3.08. The molecule has 0 aromatic heterocycles. The van der Waals surface area contributed by atoms with Crippen LogP contribution in [0.25, 0.3) is 0 Å². The lowest BCUT2D eigenvalue weighted by Gasteiger charge is -2.29. The lowest BCUT2D eigenvalue weighted by Crippen LogP contribution is -2.34. The fraction of sp³-hybridized carbons (Fsp3) is 0.625. The summed E-state index contributed by atoms with van der Waals surface area (Å²) in [6, 6.07) is 5.28. The van der Waals surface area contributed by atoms with E-state index < -0.39 is 0 Å². The van der Waals surface area contributed by atoms with Gasteiger partial charge in [0.2, 0.25) is 0 Å². The van der Waals surface area contributed by atoms with Gasteiger partial charge < -0.3 is 15.4 Å². The molecule has 2 unspecified atom stereocenters. The van der Waals surface area contributed by atoms with Gasteiger partial charge in [-0.2, -0.15) is 0 Å². The molecule has 1 aliphatic rings. The van der Waals surface area contributed by atoms with Gasteiger partial charge in [0.25, 0.3) is 0 Å². The van der Waals surface area contributed by atoms with Crippen LogP contribution in [-0.4, -0.2) is 31.8 Å². The van der Waals surface area contributed by atoms with Gasteiger partial charge in [0.15, 0.2) is 0 Å². The topological polar surface area (TPSA) is 38.5 Å². The highest BCUT2D eigenvalue weighted by molar-refractivity contribution is 5.55. The normalized spacial score (nSPS) is 20.1. The van der Waals surface area contributed by atoms with E-state index in [4.69, 9.17) is 10.5 Å². The number of likely N-dealkylation sites (N-methyl/N-ethyl adjacent to an activating group) is 1. The van der Waals surface area contributed by atoms with E-state index in [0.29, 0.717) is 12.1 Å². The molecule has 0 saturated carbocycles. The van der Waals surface area contributed by atoms with E-state index in [1.165, 1.54) is 6.07 Å². The summed E-state index contributed by atoms with van der Waals surface area (Å²) in [4.78, 5) is 2.09. The molecule has 20 heavy (non-hydrogen) atoms. The number of rotatable bonds is 6. The molecule has 1 aliphatic heterocycles. The predicted molar refractivity (Wildman–Crippen MR) is 80.6 cm³/mol. The first-order valence-electron chi connectivity index (χ1n) is 7.51. The SMILES string of the molecule is CCN(CC1CCCO1)c1c(F)cccc1CC(C)N. The molecule has 112 valence electrons. The molecule has 1 aromatic carbocycles. The standard InChI is InChI=1S/C16H25FN2O/c1-3-19(11-14-7-5-9-20-14)16-13(10-12(2)18)6-4-8-15(16)17/h4,6,8,12,14H,3,5,7,9-11,18H2,1-2H3. The molecule has 1 fully saturated rings. The fourth-order valence-electron chi connectivity index (χ4n) is 2.84. The maximum absolute atomic E-state index is 14.3. The van der Waals surface area contributed by atoms with Crippen LogP contribution in [0.2, 0.25) is 0 Å². The van der Waals surface area contributed by atoms with Gasteiger partial charge in [0.1, 0.15) is 5.82 Å². The van der Waals surface area contributed by atoms with Crippen LogP contribution < -0.4 is 10.6 Å². The van der Waals surface area contributed by atoms with Crippen molar-refractivity contribution in [3.8, 4) is 0 Å². The Morgan fingerprint density at radius 1 is 1.50 bits per heavy atom. The van der Waals surface area contributed by atoms with Crippen molar-refractivity contribution in [3.05, 3.63) is 29.6 Å². The van der Waals surface area contributed by atoms with Crippen LogP contribution in [0.1, 0.15) is 32.3 Å². The van der Waals surface area contributed by atoms with E-state index in [1.54, 1.807) is 6.07 Å². The largest absolute Gasteiger partial charge is 0.376 e. The van der Waals surface area contributed by atoms with Gasteiger partial charge in [-0.3, -0.25) is 0 Å². The smallest absolute Gasteiger partial charge is 0.146 e. The number of anilines is 1. The van der Waals surface area contributed by atoms with E-state index in [-0.39, 0.29) is 18.0 Å². The third-order valence-corrected chi connectivity index (χ3v) is 3.76. The zero-order chi connectivity index (χ0) is 14.5. The molecule has 1 saturated heterocycles. The van der Waals surface area contributed by atoms with Crippen LogP contribution in [0.3, 0.4) is 0 Å². The summed E-state index contributed by atoms with van der Waals surface area (Å²) < 4.78 is 20.0. The average Bonchev–Trinajstić information content (AvgIpc) is 2.89. The van der Waals surface area contributed by atoms with Crippen LogP contribution in [0.4, 0.5) is 10.1 Å². The summed E-state index contributed by atoms with van der Waals surface area (Å²) in [5.41, 5.74) is 7.57. The number of nitrogens with zero attached hydrogens (tertiary/aromatic N) is 1. The Morgan fingerprint density at radius 2 is 2.30 bits per heavy atom. The first-order chi connectivity index (χ1) is 9.61. The Kier molecular flexibility index (Phi) is 5.38. The number of halogens is 1. The van der Waals surface area contributed by atoms with Gasteiger partial charge in [-0.1, -0.05) is 12.1 Å². The van der Waals surface area contributed by atoms with Crippen LogP contribution in [0, 0.1) is 5.82 Å². The van der Waals surface area contributed by atoms with Crippen molar-refractivity contribution >= 4 is 5.69 Å². The zero-order valence-corrected chi connectivity index (χ0v) is 12.4. The molecule has 2 N–H and O–H groups in total. The summed E-state index contributed by atoms with van der Waals surface area (Å²) in [5.74, 6) is -0.164. The van der Waals surface area contributed by atoms with Crippen LogP contribution >= 0.6 is 0 Å². The fourth-order valence-corrected chi connectivity index (χ4v) is 2.84. The van der Waals surface area contributed by atoms with Gasteiger partial charge in [-0.25, -0.2) is 4.39 Å². The van der Waals surface area contributed by atoms with Crippen molar-refractivity contribution in [2.75, 3.05) is 24.6 Å². The minimum Gasteiger partial charge on any atom is -0.376 e. The molecule has 1 heterocycles. The van der Waals surface area contributed by atoms with Crippen molar-refractivity contribution in [2.24, 2.45) is 5.73 Å². The number of hydrogen-bond acceptors (Lipinski definition) is 3. The molecular formula is C16H25FN2O. The number of benzene rings is 1. The molecule has 4 heteroatoms. The molecule has 1 aromatic rings. The Morgan fingerprint density at radius 3 is 2.90 bits per heavy atom. The third-order valence-electron chi connectivity index (χ3n) is 3.76. The van der Waals surface area contributed by atoms with Crippen molar-refractivity contribution in [1.82, 2.24) is 0 Å². The van der Waals surface area contributed by atoms with Gasteiger partial charge in [0.05, 0.1) is 11.8 Å². The number of para-hydroxylation sites is 1. The minimum atomic E-state index is -0.164. The van der Waals surface area contributed by atoms with Crippen LogP contribution in [-0.2, 0) is 11.2 Å². The average molecular weight is 280 g/mol. The molecule has 2 rings (SSSR count). The second kappa shape index (κ2) is 7.04. The number of hydrogen-bond donors (Lipinski definition) is 1. The van der Waals surface area contributed by atoms with Crippen molar-refractivity contribution in [2.45, 2.75) is 45.3 Å². The Labute approximate surface area is 120 Å². The predicted octanol–water partition coefficient (Wildman–Crippen LogP) is 2.72.